The van der Waals surface area contributed by atoms with E-state index in [2.05, 4.69) is 31.9 Å². The maximum atomic E-state index is 12.4. The van der Waals surface area contributed by atoms with E-state index in [1.165, 1.54) is 0 Å². The van der Waals surface area contributed by atoms with Crippen molar-refractivity contribution in [1.82, 2.24) is 10.6 Å². The zero-order chi connectivity index (χ0) is 22.9. The molecule has 0 radical (unpaired) electrons. The molecule has 3 N–H and O–H groups in total. The molecule has 8 heteroatoms. The molecule has 0 heterocycles. The van der Waals surface area contributed by atoms with Crippen LogP contribution in [0.4, 0.5) is 10.5 Å². The van der Waals surface area contributed by atoms with Gasteiger partial charge in [-0.3, -0.25) is 9.59 Å². The van der Waals surface area contributed by atoms with Crippen LogP contribution in [0.2, 0.25) is 0 Å². The van der Waals surface area contributed by atoms with Gasteiger partial charge < -0.3 is 20.7 Å². The van der Waals surface area contributed by atoms with Gasteiger partial charge in [-0.2, -0.15) is 0 Å². The quantitative estimate of drug-likeness (QED) is 0.518. The normalized spacial score (nSPS) is 10.8. The monoisotopic (exact) mass is 489 g/mol. The Kier molecular flexibility index (Phi) is 9.05. The molecule has 0 unspecified atom stereocenters. The average Bonchev–Trinajstić information content (AvgIpc) is 2.69. The summed E-state index contributed by atoms with van der Waals surface area (Å²) < 4.78 is 6.07. The first-order valence-electron chi connectivity index (χ1n) is 9.98. The van der Waals surface area contributed by atoms with E-state index in [1.54, 1.807) is 26.8 Å². The molecule has 3 amide bonds. The number of aryl methyl sites for hydroxylation is 1. The number of ether oxygens (including phenoxy) is 1. The lowest BCUT2D eigenvalue weighted by Crippen LogP contribution is -2.39. The molecule has 2 aromatic carbocycles. The van der Waals surface area contributed by atoms with E-state index in [9.17, 15) is 14.4 Å². The largest absolute Gasteiger partial charge is 0.444 e. The molecule has 0 aliphatic heterocycles. The molecule has 0 fully saturated rings. The van der Waals surface area contributed by atoms with E-state index in [4.69, 9.17) is 4.74 Å². The summed E-state index contributed by atoms with van der Waals surface area (Å²) >= 11 is 3.43. The smallest absolute Gasteiger partial charge is 0.408 e. The molecule has 0 aromatic heterocycles. The van der Waals surface area contributed by atoms with Crippen molar-refractivity contribution < 1.29 is 19.1 Å². The third-order valence-corrected chi connectivity index (χ3v) is 4.58. The van der Waals surface area contributed by atoms with Crippen LogP contribution in [0.3, 0.4) is 0 Å². The summed E-state index contributed by atoms with van der Waals surface area (Å²) in [5, 5.41) is 8.04. The second-order valence-corrected chi connectivity index (χ2v) is 8.88. The van der Waals surface area contributed by atoms with Crippen molar-refractivity contribution in [2.24, 2.45) is 0 Å². The second kappa shape index (κ2) is 11.5. The van der Waals surface area contributed by atoms with Gasteiger partial charge in [0.25, 0.3) is 0 Å². The number of benzene rings is 2. The highest BCUT2D eigenvalue weighted by Gasteiger charge is 2.16. The summed E-state index contributed by atoms with van der Waals surface area (Å²) in [5.74, 6) is -0.466. The summed E-state index contributed by atoms with van der Waals surface area (Å²) in [7, 11) is 0. The van der Waals surface area contributed by atoms with E-state index in [-0.39, 0.29) is 24.9 Å². The van der Waals surface area contributed by atoms with Gasteiger partial charge in [0.05, 0.1) is 0 Å². The SMILES string of the molecule is CC(C)(C)OC(=O)NCC(=O)NCc1ccccc1NC(=O)CCc1cccc(Br)c1. The van der Waals surface area contributed by atoms with Crippen molar-refractivity contribution >= 4 is 39.5 Å². The number of anilines is 1. The Morgan fingerprint density at radius 2 is 1.71 bits per heavy atom. The Labute approximate surface area is 191 Å². The van der Waals surface area contributed by atoms with E-state index in [1.807, 2.05) is 42.5 Å². The van der Waals surface area contributed by atoms with Gasteiger partial charge in [0.15, 0.2) is 0 Å². The maximum Gasteiger partial charge on any atom is 0.408 e. The lowest BCUT2D eigenvalue weighted by Gasteiger charge is -2.19. The number of para-hydroxylation sites is 1. The third-order valence-electron chi connectivity index (χ3n) is 4.09. The van der Waals surface area contributed by atoms with Crippen molar-refractivity contribution in [2.75, 3.05) is 11.9 Å². The molecule has 0 bridgehead atoms. The van der Waals surface area contributed by atoms with E-state index >= 15 is 0 Å². The number of alkyl carbamates (subject to hydrolysis) is 1. The molecule has 0 spiro atoms. The van der Waals surface area contributed by atoms with Crippen LogP contribution in [-0.2, 0) is 27.3 Å². The summed E-state index contributed by atoms with van der Waals surface area (Å²) in [4.78, 5) is 36.0. The molecular weight excluding hydrogens is 462 g/mol. The molecule has 2 rings (SSSR count). The number of rotatable bonds is 8. The lowest BCUT2D eigenvalue weighted by atomic mass is 10.1. The molecule has 31 heavy (non-hydrogen) atoms. The van der Waals surface area contributed by atoms with Gasteiger partial charge in [-0.1, -0.05) is 46.3 Å². The predicted molar refractivity (Wildman–Crippen MR) is 124 cm³/mol. The summed E-state index contributed by atoms with van der Waals surface area (Å²) in [6, 6.07) is 15.1. The fourth-order valence-electron chi connectivity index (χ4n) is 2.68. The zero-order valence-electron chi connectivity index (χ0n) is 18.0. The Morgan fingerprint density at radius 3 is 2.42 bits per heavy atom. The number of hydrogen-bond acceptors (Lipinski definition) is 4. The van der Waals surface area contributed by atoms with Gasteiger partial charge in [0, 0.05) is 23.1 Å². The lowest BCUT2D eigenvalue weighted by molar-refractivity contribution is -0.120. The first-order valence-corrected chi connectivity index (χ1v) is 10.8. The molecule has 0 saturated heterocycles. The van der Waals surface area contributed by atoms with E-state index in [0.717, 1.165) is 15.6 Å². The minimum Gasteiger partial charge on any atom is -0.444 e. The molecule has 0 aliphatic rings. The van der Waals surface area contributed by atoms with Crippen LogP contribution in [0, 0.1) is 0 Å². The minimum absolute atomic E-state index is 0.106. The first-order chi connectivity index (χ1) is 14.6. The van der Waals surface area contributed by atoms with Crippen LogP contribution in [0.1, 0.15) is 38.3 Å². The topological polar surface area (TPSA) is 96.5 Å². The Bertz CT molecular complexity index is 925. The van der Waals surface area contributed by atoms with Crippen molar-refractivity contribution in [1.29, 1.82) is 0 Å². The van der Waals surface area contributed by atoms with Crippen LogP contribution in [0.15, 0.2) is 53.0 Å². The highest BCUT2D eigenvalue weighted by Crippen LogP contribution is 2.17. The molecule has 7 nitrogen and oxygen atoms in total. The third kappa shape index (κ3) is 9.65. The number of carbonyl (C=O) groups excluding carboxylic acids is 3. The fraction of sp³-hybridized carbons (Fsp3) is 0.348. The van der Waals surface area contributed by atoms with Gasteiger partial charge in [0.2, 0.25) is 11.8 Å². The minimum atomic E-state index is -0.652. The molecule has 0 aliphatic carbocycles. The first kappa shape index (κ1) is 24.4. The second-order valence-electron chi connectivity index (χ2n) is 7.97. The number of amides is 3. The van der Waals surface area contributed by atoms with Gasteiger partial charge >= 0.3 is 6.09 Å². The van der Waals surface area contributed by atoms with Crippen LogP contribution in [0.5, 0.6) is 0 Å². The predicted octanol–water partition coefficient (Wildman–Crippen LogP) is 4.16. The highest BCUT2D eigenvalue weighted by atomic mass is 79.9. The Balaban J connectivity index is 1.82. The Hall–Kier alpha value is -2.87. The summed E-state index contributed by atoms with van der Waals surface area (Å²) in [6.07, 6.45) is 0.318. The number of halogens is 1. The fourth-order valence-corrected chi connectivity index (χ4v) is 3.13. The van der Waals surface area contributed by atoms with Gasteiger partial charge in [0.1, 0.15) is 12.1 Å². The van der Waals surface area contributed by atoms with Crippen molar-refractivity contribution in [3.05, 3.63) is 64.1 Å². The zero-order valence-corrected chi connectivity index (χ0v) is 19.5. The molecular formula is C23H28BrN3O4. The van der Waals surface area contributed by atoms with Gasteiger partial charge in [-0.05, 0) is 56.5 Å². The summed E-state index contributed by atoms with van der Waals surface area (Å²) in [6.45, 7) is 5.26. The van der Waals surface area contributed by atoms with Crippen molar-refractivity contribution in [2.45, 2.75) is 45.8 Å². The maximum absolute atomic E-state index is 12.4. The number of nitrogens with one attached hydrogen (secondary N) is 3. The van der Waals surface area contributed by atoms with Gasteiger partial charge in [-0.15, -0.1) is 0 Å². The van der Waals surface area contributed by atoms with E-state index < -0.39 is 11.7 Å². The van der Waals surface area contributed by atoms with Crippen LogP contribution in [-0.4, -0.2) is 30.1 Å². The number of hydrogen-bond donors (Lipinski definition) is 3. The summed E-state index contributed by atoms with van der Waals surface area (Å²) in [5.41, 5.74) is 1.85. The molecule has 0 atom stereocenters. The standard InChI is InChI=1S/C23H28BrN3O4/c1-23(2,3)31-22(30)26-15-21(29)25-14-17-8-4-5-10-19(17)27-20(28)12-11-16-7-6-9-18(24)13-16/h4-10,13H,11-12,14-15H2,1-3H3,(H,25,29)(H,26,30)(H,27,28). The van der Waals surface area contributed by atoms with E-state index in [0.29, 0.717) is 18.5 Å². The number of carbonyl (C=O) groups is 3. The van der Waals surface area contributed by atoms with Crippen molar-refractivity contribution in [3.8, 4) is 0 Å². The van der Waals surface area contributed by atoms with Crippen LogP contribution >= 0.6 is 15.9 Å². The molecule has 2 aromatic rings. The average molecular weight is 490 g/mol. The Morgan fingerprint density at radius 1 is 0.968 bits per heavy atom. The van der Waals surface area contributed by atoms with Crippen LogP contribution in [0.25, 0.3) is 0 Å². The molecule has 0 saturated carbocycles. The van der Waals surface area contributed by atoms with Crippen LogP contribution < -0.4 is 16.0 Å². The highest BCUT2D eigenvalue weighted by molar-refractivity contribution is 9.10. The van der Waals surface area contributed by atoms with Gasteiger partial charge in [-0.25, -0.2) is 4.79 Å². The van der Waals surface area contributed by atoms with Crippen molar-refractivity contribution in [3.63, 3.8) is 0 Å². The molecule has 166 valence electrons.